The van der Waals surface area contributed by atoms with E-state index in [0.29, 0.717) is 5.41 Å². The Morgan fingerprint density at radius 3 is 2.63 bits per heavy atom. The van der Waals surface area contributed by atoms with E-state index in [2.05, 4.69) is 11.4 Å². The molecule has 2 nitrogen and oxygen atoms in total. The maximum Gasteiger partial charge on any atom is 0.122 e. The molecule has 0 radical (unpaired) electrons. The van der Waals surface area contributed by atoms with Gasteiger partial charge in [0.1, 0.15) is 5.75 Å². The molecule has 1 saturated carbocycles. The molecular formula is C16H22ClNO. The molecule has 104 valence electrons. The second-order valence-corrected chi connectivity index (χ2v) is 6.52. The van der Waals surface area contributed by atoms with Crippen molar-refractivity contribution >= 4 is 11.6 Å². The molecule has 0 amide bonds. The van der Waals surface area contributed by atoms with Crippen LogP contribution < -0.4 is 10.1 Å². The lowest BCUT2D eigenvalue weighted by molar-refractivity contribution is 0.0804. The highest BCUT2D eigenvalue weighted by atomic mass is 35.5. The minimum atomic E-state index is 0.439. The Morgan fingerprint density at radius 2 is 2.05 bits per heavy atom. The fraction of sp³-hybridized carbons (Fsp3) is 0.625. The molecule has 19 heavy (non-hydrogen) atoms. The molecule has 1 N–H and O–H groups in total. The van der Waals surface area contributed by atoms with Crippen LogP contribution in [0.5, 0.6) is 5.75 Å². The second-order valence-electron chi connectivity index (χ2n) is 6.08. The van der Waals surface area contributed by atoms with Crippen molar-refractivity contribution in [3.05, 3.63) is 28.8 Å². The maximum absolute atomic E-state index is 6.15. The van der Waals surface area contributed by atoms with Crippen molar-refractivity contribution in [2.45, 2.75) is 32.1 Å². The van der Waals surface area contributed by atoms with E-state index in [1.165, 1.54) is 31.2 Å². The highest BCUT2D eigenvalue weighted by molar-refractivity contribution is 6.30. The first kappa shape index (κ1) is 13.3. The van der Waals surface area contributed by atoms with E-state index < -0.39 is 0 Å². The molecule has 2 fully saturated rings. The molecule has 2 aliphatic rings. The van der Waals surface area contributed by atoms with E-state index in [1.54, 1.807) is 7.11 Å². The van der Waals surface area contributed by atoms with E-state index in [9.17, 15) is 0 Å². The largest absolute Gasteiger partial charge is 0.496 e. The van der Waals surface area contributed by atoms with Crippen LogP contribution in [0.1, 0.15) is 31.2 Å². The lowest BCUT2D eigenvalue weighted by atomic mass is 9.66. The van der Waals surface area contributed by atoms with Gasteiger partial charge in [0.25, 0.3) is 0 Å². The Morgan fingerprint density at radius 1 is 1.32 bits per heavy atom. The molecule has 1 saturated heterocycles. The first-order valence-electron chi connectivity index (χ1n) is 7.27. The number of ether oxygens (including phenoxy) is 1. The Labute approximate surface area is 120 Å². The van der Waals surface area contributed by atoms with Crippen LogP contribution in [-0.4, -0.2) is 20.2 Å². The molecule has 0 unspecified atom stereocenters. The number of methoxy groups -OCH3 is 1. The Balaban J connectivity index is 1.84. The SMILES string of the molecule is COc1ccc(Cl)cc1CC1(C2CCCC2)CNC1. The topological polar surface area (TPSA) is 21.3 Å². The Kier molecular flexibility index (Phi) is 3.72. The van der Waals surface area contributed by atoms with Crippen molar-refractivity contribution in [3.63, 3.8) is 0 Å². The van der Waals surface area contributed by atoms with Crippen LogP contribution in [0.25, 0.3) is 0 Å². The summed E-state index contributed by atoms with van der Waals surface area (Å²) >= 11 is 6.15. The van der Waals surface area contributed by atoms with E-state index in [-0.39, 0.29) is 0 Å². The number of halogens is 1. The molecule has 0 atom stereocenters. The molecule has 1 aromatic carbocycles. The predicted octanol–water partition coefficient (Wildman–Crippen LogP) is 3.67. The van der Waals surface area contributed by atoms with Gasteiger partial charge in [-0.25, -0.2) is 0 Å². The number of benzene rings is 1. The third-order valence-electron chi connectivity index (χ3n) is 4.96. The summed E-state index contributed by atoms with van der Waals surface area (Å²) < 4.78 is 5.50. The van der Waals surface area contributed by atoms with Gasteiger partial charge in [-0.15, -0.1) is 0 Å². The van der Waals surface area contributed by atoms with Gasteiger partial charge in [-0.1, -0.05) is 24.4 Å². The summed E-state index contributed by atoms with van der Waals surface area (Å²) in [6.45, 7) is 2.29. The van der Waals surface area contributed by atoms with Crippen LogP contribution in [0.3, 0.4) is 0 Å². The first-order valence-corrected chi connectivity index (χ1v) is 7.64. The van der Waals surface area contributed by atoms with E-state index in [1.807, 2.05) is 12.1 Å². The molecule has 1 aliphatic carbocycles. The molecular weight excluding hydrogens is 258 g/mol. The summed E-state index contributed by atoms with van der Waals surface area (Å²) in [5.41, 5.74) is 1.71. The van der Waals surface area contributed by atoms with Crippen LogP contribution in [0.4, 0.5) is 0 Å². The minimum Gasteiger partial charge on any atom is -0.496 e. The van der Waals surface area contributed by atoms with Gasteiger partial charge in [0.15, 0.2) is 0 Å². The number of hydrogen-bond acceptors (Lipinski definition) is 2. The molecule has 1 heterocycles. The molecule has 3 heteroatoms. The van der Waals surface area contributed by atoms with Gasteiger partial charge in [-0.2, -0.15) is 0 Å². The summed E-state index contributed by atoms with van der Waals surface area (Å²) in [5, 5.41) is 4.29. The van der Waals surface area contributed by atoms with Crippen LogP contribution >= 0.6 is 11.6 Å². The summed E-state index contributed by atoms with van der Waals surface area (Å²) in [4.78, 5) is 0. The summed E-state index contributed by atoms with van der Waals surface area (Å²) in [5.74, 6) is 1.85. The lowest BCUT2D eigenvalue weighted by Gasteiger charge is -2.48. The summed E-state index contributed by atoms with van der Waals surface area (Å²) in [7, 11) is 1.74. The number of rotatable bonds is 4. The van der Waals surface area contributed by atoms with Crippen molar-refractivity contribution < 1.29 is 4.74 Å². The average molecular weight is 280 g/mol. The normalized spacial score (nSPS) is 22.2. The Bertz CT molecular complexity index is 450. The number of nitrogens with one attached hydrogen (secondary N) is 1. The van der Waals surface area contributed by atoms with E-state index in [0.717, 1.165) is 36.2 Å². The monoisotopic (exact) mass is 279 g/mol. The van der Waals surface area contributed by atoms with Crippen molar-refractivity contribution in [1.82, 2.24) is 5.32 Å². The van der Waals surface area contributed by atoms with Gasteiger partial charge in [0, 0.05) is 23.5 Å². The molecule has 1 aromatic rings. The molecule has 1 aliphatic heterocycles. The lowest BCUT2D eigenvalue weighted by Crippen LogP contribution is -2.58. The van der Waals surface area contributed by atoms with Gasteiger partial charge in [-0.3, -0.25) is 0 Å². The minimum absolute atomic E-state index is 0.439. The first-order chi connectivity index (χ1) is 9.23. The van der Waals surface area contributed by atoms with Crippen LogP contribution in [0.15, 0.2) is 18.2 Å². The highest BCUT2D eigenvalue weighted by Gasteiger charge is 2.45. The van der Waals surface area contributed by atoms with Crippen LogP contribution in [0, 0.1) is 11.3 Å². The average Bonchev–Trinajstić information content (AvgIpc) is 2.88. The maximum atomic E-state index is 6.15. The van der Waals surface area contributed by atoms with Gasteiger partial charge in [-0.05, 0) is 48.9 Å². The fourth-order valence-electron chi connectivity index (χ4n) is 3.81. The van der Waals surface area contributed by atoms with Gasteiger partial charge in [0.2, 0.25) is 0 Å². The summed E-state index contributed by atoms with van der Waals surface area (Å²) in [6.07, 6.45) is 6.68. The Hall–Kier alpha value is -0.730. The van der Waals surface area contributed by atoms with Gasteiger partial charge in [0.05, 0.1) is 7.11 Å². The molecule has 0 aromatic heterocycles. The highest BCUT2D eigenvalue weighted by Crippen LogP contribution is 2.46. The van der Waals surface area contributed by atoms with E-state index in [4.69, 9.17) is 16.3 Å². The quantitative estimate of drug-likeness (QED) is 0.908. The second kappa shape index (κ2) is 5.34. The standard InChI is InChI=1S/C16H22ClNO/c1-19-15-7-6-14(17)8-12(15)9-16(10-18-11-16)13-4-2-3-5-13/h6-8,13,18H,2-5,9-11H2,1H3. The smallest absolute Gasteiger partial charge is 0.122 e. The van der Waals surface area contributed by atoms with Crippen LogP contribution in [0.2, 0.25) is 5.02 Å². The molecule has 0 spiro atoms. The predicted molar refractivity (Wildman–Crippen MR) is 79.0 cm³/mol. The van der Waals surface area contributed by atoms with E-state index >= 15 is 0 Å². The van der Waals surface area contributed by atoms with Crippen molar-refractivity contribution in [2.75, 3.05) is 20.2 Å². The summed E-state index contributed by atoms with van der Waals surface area (Å²) in [6, 6.07) is 5.98. The zero-order valence-corrected chi connectivity index (χ0v) is 12.3. The third kappa shape index (κ3) is 2.48. The molecule has 0 bridgehead atoms. The number of hydrogen-bond donors (Lipinski definition) is 1. The fourth-order valence-corrected chi connectivity index (χ4v) is 4.00. The van der Waals surface area contributed by atoms with Crippen molar-refractivity contribution in [2.24, 2.45) is 11.3 Å². The molecule has 3 rings (SSSR count). The zero-order chi connectivity index (χ0) is 13.3. The van der Waals surface area contributed by atoms with Gasteiger partial charge >= 0.3 is 0 Å². The third-order valence-corrected chi connectivity index (χ3v) is 5.20. The van der Waals surface area contributed by atoms with Crippen molar-refractivity contribution in [3.8, 4) is 5.75 Å². The van der Waals surface area contributed by atoms with Gasteiger partial charge < -0.3 is 10.1 Å². The van der Waals surface area contributed by atoms with Crippen molar-refractivity contribution in [1.29, 1.82) is 0 Å². The zero-order valence-electron chi connectivity index (χ0n) is 11.5. The van der Waals surface area contributed by atoms with Crippen LogP contribution in [-0.2, 0) is 6.42 Å².